The van der Waals surface area contributed by atoms with E-state index in [0.717, 1.165) is 42.4 Å². The SMILES string of the molecule is CCOc1cc(CCCNC(=NC)NCC(OC)c2ccccc2)ccc1OC. The lowest BCUT2D eigenvalue weighted by Crippen LogP contribution is -2.40. The first-order chi connectivity index (χ1) is 14.2. The smallest absolute Gasteiger partial charge is 0.191 e. The largest absolute Gasteiger partial charge is 0.493 e. The zero-order valence-electron chi connectivity index (χ0n) is 17.9. The minimum atomic E-state index is -0.0222. The van der Waals surface area contributed by atoms with Gasteiger partial charge in [-0.2, -0.15) is 0 Å². The molecule has 2 N–H and O–H groups in total. The number of aryl methyl sites for hydroxylation is 1. The van der Waals surface area contributed by atoms with E-state index in [0.29, 0.717) is 13.2 Å². The second-order valence-electron chi connectivity index (χ2n) is 6.54. The quantitative estimate of drug-likeness (QED) is 0.344. The lowest BCUT2D eigenvalue weighted by molar-refractivity contribution is 0.106. The third-order valence-corrected chi connectivity index (χ3v) is 4.60. The molecule has 0 heterocycles. The van der Waals surface area contributed by atoms with Crippen molar-refractivity contribution in [2.24, 2.45) is 4.99 Å². The third kappa shape index (κ3) is 7.31. The predicted molar refractivity (Wildman–Crippen MR) is 118 cm³/mol. The van der Waals surface area contributed by atoms with Gasteiger partial charge in [-0.25, -0.2) is 0 Å². The third-order valence-electron chi connectivity index (χ3n) is 4.60. The van der Waals surface area contributed by atoms with Gasteiger partial charge in [-0.3, -0.25) is 4.99 Å². The number of hydrogen-bond donors (Lipinski definition) is 2. The highest BCUT2D eigenvalue weighted by molar-refractivity contribution is 5.79. The highest BCUT2D eigenvalue weighted by Gasteiger charge is 2.10. The maximum Gasteiger partial charge on any atom is 0.191 e. The van der Waals surface area contributed by atoms with Crippen LogP contribution in [0.2, 0.25) is 0 Å². The molecule has 0 aliphatic heterocycles. The molecular weight excluding hydrogens is 366 g/mol. The van der Waals surface area contributed by atoms with Crippen LogP contribution in [-0.2, 0) is 11.2 Å². The molecule has 0 aliphatic carbocycles. The Bertz CT molecular complexity index is 750. The fourth-order valence-electron chi connectivity index (χ4n) is 3.06. The van der Waals surface area contributed by atoms with E-state index >= 15 is 0 Å². The van der Waals surface area contributed by atoms with Gasteiger partial charge < -0.3 is 24.8 Å². The van der Waals surface area contributed by atoms with Gasteiger partial charge >= 0.3 is 0 Å². The summed E-state index contributed by atoms with van der Waals surface area (Å²) in [6, 6.07) is 16.3. The first-order valence-electron chi connectivity index (χ1n) is 10.0. The van der Waals surface area contributed by atoms with Crippen molar-refractivity contribution in [1.82, 2.24) is 10.6 Å². The molecule has 29 heavy (non-hydrogen) atoms. The lowest BCUT2D eigenvalue weighted by atomic mass is 10.1. The van der Waals surface area contributed by atoms with Crippen molar-refractivity contribution in [2.75, 3.05) is 41.0 Å². The summed E-state index contributed by atoms with van der Waals surface area (Å²) in [5, 5.41) is 6.70. The van der Waals surface area contributed by atoms with Crippen LogP contribution in [0.1, 0.15) is 30.6 Å². The molecule has 0 spiro atoms. The normalized spacial score (nSPS) is 12.3. The Balaban J connectivity index is 1.78. The highest BCUT2D eigenvalue weighted by atomic mass is 16.5. The van der Waals surface area contributed by atoms with E-state index in [1.807, 2.05) is 31.2 Å². The first-order valence-corrected chi connectivity index (χ1v) is 10.0. The maximum absolute atomic E-state index is 5.65. The van der Waals surface area contributed by atoms with Crippen molar-refractivity contribution < 1.29 is 14.2 Å². The van der Waals surface area contributed by atoms with Crippen molar-refractivity contribution in [1.29, 1.82) is 0 Å². The number of methoxy groups -OCH3 is 2. The van der Waals surface area contributed by atoms with Crippen LogP contribution in [0.5, 0.6) is 11.5 Å². The van der Waals surface area contributed by atoms with E-state index in [9.17, 15) is 0 Å². The summed E-state index contributed by atoms with van der Waals surface area (Å²) in [6.07, 6.45) is 1.90. The monoisotopic (exact) mass is 399 g/mol. The Morgan fingerprint density at radius 1 is 1.03 bits per heavy atom. The number of aliphatic imine (C=N–C) groups is 1. The average Bonchev–Trinajstić information content (AvgIpc) is 2.76. The number of guanidine groups is 1. The number of nitrogens with zero attached hydrogens (tertiary/aromatic N) is 1. The van der Waals surface area contributed by atoms with Gasteiger partial charge in [-0.05, 0) is 43.0 Å². The summed E-state index contributed by atoms with van der Waals surface area (Å²) in [6.45, 7) is 4.06. The van der Waals surface area contributed by atoms with Crippen LogP contribution < -0.4 is 20.1 Å². The number of rotatable bonds is 11. The molecule has 2 rings (SSSR count). The Kier molecular flexibility index (Phi) is 9.86. The van der Waals surface area contributed by atoms with Crippen LogP contribution in [-0.4, -0.2) is 46.9 Å². The summed E-state index contributed by atoms with van der Waals surface area (Å²) in [7, 11) is 5.16. The molecular formula is C23H33N3O3. The van der Waals surface area contributed by atoms with Crippen LogP contribution in [0.15, 0.2) is 53.5 Å². The number of hydrogen-bond acceptors (Lipinski definition) is 4. The topological polar surface area (TPSA) is 64.1 Å². The van der Waals surface area contributed by atoms with Gasteiger partial charge in [-0.1, -0.05) is 36.4 Å². The van der Waals surface area contributed by atoms with Gasteiger partial charge in [0.05, 0.1) is 19.8 Å². The van der Waals surface area contributed by atoms with Crippen molar-refractivity contribution in [3.63, 3.8) is 0 Å². The van der Waals surface area contributed by atoms with E-state index < -0.39 is 0 Å². The fraction of sp³-hybridized carbons (Fsp3) is 0.435. The summed E-state index contributed by atoms with van der Waals surface area (Å²) in [5.41, 5.74) is 2.37. The summed E-state index contributed by atoms with van der Waals surface area (Å²) in [4.78, 5) is 4.30. The van der Waals surface area contributed by atoms with Gasteiger partial charge in [0.15, 0.2) is 17.5 Å². The molecule has 158 valence electrons. The second kappa shape index (κ2) is 12.7. The molecule has 0 bridgehead atoms. The Labute approximate surface area is 174 Å². The van der Waals surface area contributed by atoms with Crippen LogP contribution in [0.4, 0.5) is 0 Å². The molecule has 1 unspecified atom stereocenters. The molecule has 0 saturated heterocycles. The molecule has 0 radical (unpaired) electrons. The average molecular weight is 400 g/mol. The lowest BCUT2D eigenvalue weighted by Gasteiger charge is -2.18. The van der Waals surface area contributed by atoms with Gasteiger partial charge in [-0.15, -0.1) is 0 Å². The zero-order valence-corrected chi connectivity index (χ0v) is 17.9. The van der Waals surface area contributed by atoms with Gasteiger partial charge in [0.2, 0.25) is 0 Å². The van der Waals surface area contributed by atoms with E-state index in [-0.39, 0.29) is 6.10 Å². The van der Waals surface area contributed by atoms with E-state index in [1.165, 1.54) is 5.56 Å². The first kappa shape index (κ1) is 22.6. The van der Waals surface area contributed by atoms with Crippen molar-refractivity contribution in [3.8, 4) is 11.5 Å². The van der Waals surface area contributed by atoms with Gasteiger partial charge in [0, 0.05) is 27.2 Å². The second-order valence-corrected chi connectivity index (χ2v) is 6.54. The summed E-state index contributed by atoms with van der Waals surface area (Å²) >= 11 is 0. The molecule has 2 aromatic rings. The number of benzene rings is 2. The Hall–Kier alpha value is -2.73. The summed E-state index contributed by atoms with van der Waals surface area (Å²) < 4.78 is 16.6. The van der Waals surface area contributed by atoms with Crippen LogP contribution in [0.25, 0.3) is 0 Å². The zero-order chi connectivity index (χ0) is 20.9. The molecule has 1 atom stereocenters. The minimum absolute atomic E-state index is 0.0222. The molecule has 0 fully saturated rings. The molecule has 0 aliphatic rings. The maximum atomic E-state index is 5.65. The fourth-order valence-corrected chi connectivity index (χ4v) is 3.06. The van der Waals surface area contributed by atoms with E-state index in [2.05, 4.69) is 39.9 Å². The number of ether oxygens (including phenoxy) is 3. The highest BCUT2D eigenvalue weighted by Crippen LogP contribution is 2.28. The Morgan fingerprint density at radius 3 is 2.48 bits per heavy atom. The molecule has 6 nitrogen and oxygen atoms in total. The summed E-state index contributed by atoms with van der Waals surface area (Å²) in [5.74, 6) is 2.33. The molecule has 0 saturated carbocycles. The number of nitrogens with one attached hydrogen (secondary N) is 2. The Morgan fingerprint density at radius 2 is 1.83 bits per heavy atom. The van der Waals surface area contributed by atoms with E-state index in [4.69, 9.17) is 14.2 Å². The standard InChI is InChI=1S/C23H33N3O3/c1-5-29-21-16-18(13-14-20(21)27-3)10-9-15-25-23(24-2)26-17-22(28-4)19-11-7-6-8-12-19/h6-8,11-14,16,22H,5,9-10,15,17H2,1-4H3,(H2,24,25,26). The van der Waals surface area contributed by atoms with Gasteiger partial charge in [0.1, 0.15) is 0 Å². The predicted octanol–water partition coefficient (Wildman–Crippen LogP) is 3.58. The minimum Gasteiger partial charge on any atom is -0.493 e. The van der Waals surface area contributed by atoms with Gasteiger partial charge in [0.25, 0.3) is 0 Å². The van der Waals surface area contributed by atoms with E-state index in [1.54, 1.807) is 21.3 Å². The molecule has 0 amide bonds. The van der Waals surface area contributed by atoms with Crippen molar-refractivity contribution in [3.05, 3.63) is 59.7 Å². The van der Waals surface area contributed by atoms with Crippen molar-refractivity contribution >= 4 is 5.96 Å². The molecule has 6 heteroatoms. The van der Waals surface area contributed by atoms with Crippen LogP contribution in [0.3, 0.4) is 0 Å². The van der Waals surface area contributed by atoms with Crippen LogP contribution >= 0.6 is 0 Å². The van der Waals surface area contributed by atoms with Crippen molar-refractivity contribution in [2.45, 2.75) is 25.9 Å². The molecule has 0 aromatic heterocycles. The van der Waals surface area contributed by atoms with Crippen LogP contribution in [0, 0.1) is 0 Å². The molecule has 2 aromatic carbocycles.